The third-order valence-electron chi connectivity index (χ3n) is 4.73. The van der Waals surface area contributed by atoms with Gasteiger partial charge in [0.1, 0.15) is 11.6 Å². The molecule has 0 saturated heterocycles. The van der Waals surface area contributed by atoms with Gasteiger partial charge >= 0.3 is 0 Å². The molecule has 2 aromatic heterocycles. The van der Waals surface area contributed by atoms with E-state index in [0.29, 0.717) is 5.89 Å². The third kappa shape index (κ3) is 2.62. The monoisotopic (exact) mass is 323 g/mol. The predicted octanol–water partition coefficient (Wildman–Crippen LogP) is 2.83. The summed E-state index contributed by atoms with van der Waals surface area (Å²) < 4.78 is 7.72. The summed E-state index contributed by atoms with van der Waals surface area (Å²) in [6.45, 7) is 7.10. The standard InChI is InChI=1S/C18H21N5O/c1-12-20-21-15-9-14(11-23(12)15)16-19-17(22-24-16)18(2,3)10-13-7-5-4-6-8-13/h4-8,14H,9-11H2,1-3H3. The smallest absolute Gasteiger partial charge is 0.232 e. The van der Waals surface area contributed by atoms with Crippen LogP contribution in [0, 0.1) is 6.92 Å². The highest BCUT2D eigenvalue weighted by atomic mass is 16.5. The van der Waals surface area contributed by atoms with E-state index in [4.69, 9.17) is 9.51 Å². The van der Waals surface area contributed by atoms with Crippen molar-refractivity contribution in [2.24, 2.45) is 0 Å². The Hall–Kier alpha value is -2.50. The normalized spacial score (nSPS) is 17.2. The van der Waals surface area contributed by atoms with Gasteiger partial charge < -0.3 is 9.09 Å². The van der Waals surface area contributed by atoms with Gasteiger partial charge in [-0.3, -0.25) is 0 Å². The van der Waals surface area contributed by atoms with Crippen LogP contribution < -0.4 is 0 Å². The van der Waals surface area contributed by atoms with E-state index >= 15 is 0 Å². The zero-order valence-corrected chi connectivity index (χ0v) is 14.2. The van der Waals surface area contributed by atoms with Crippen LogP contribution in [0.1, 0.15) is 48.7 Å². The molecule has 1 aliphatic rings. The minimum atomic E-state index is -0.174. The fourth-order valence-electron chi connectivity index (χ4n) is 3.35. The Kier molecular flexibility index (Phi) is 3.48. The summed E-state index contributed by atoms with van der Waals surface area (Å²) in [5.74, 6) is 3.61. The van der Waals surface area contributed by atoms with E-state index in [2.05, 4.69) is 58.0 Å². The maximum Gasteiger partial charge on any atom is 0.232 e. The van der Waals surface area contributed by atoms with E-state index in [1.165, 1.54) is 5.56 Å². The third-order valence-corrected chi connectivity index (χ3v) is 4.73. The largest absolute Gasteiger partial charge is 0.339 e. The van der Waals surface area contributed by atoms with Gasteiger partial charge in [0.2, 0.25) is 5.89 Å². The molecule has 4 rings (SSSR count). The quantitative estimate of drug-likeness (QED) is 0.738. The molecule has 1 aromatic carbocycles. The molecule has 0 saturated carbocycles. The highest BCUT2D eigenvalue weighted by molar-refractivity contribution is 5.20. The lowest BCUT2D eigenvalue weighted by atomic mass is 9.85. The average molecular weight is 323 g/mol. The number of hydrogen-bond acceptors (Lipinski definition) is 5. The first-order valence-electron chi connectivity index (χ1n) is 8.29. The highest BCUT2D eigenvalue weighted by Gasteiger charge is 2.33. The molecule has 24 heavy (non-hydrogen) atoms. The van der Waals surface area contributed by atoms with Crippen molar-refractivity contribution in [1.29, 1.82) is 0 Å². The fraction of sp³-hybridized carbons (Fsp3) is 0.444. The number of benzene rings is 1. The summed E-state index contributed by atoms with van der Waals surface area (Å²) >= 11 is 0. The molecule has 1 unspecified atom stereocenters. The van der Waals surface area contributed by atoms with Crippen LogP contribution in [-0.2, 0) is 24.8 Å². The molecule has 0 N–H and O–H groups in total. The molecule has 6 heteroatoms. The van der Waals surface area contributed by atoms with Crippen LogP contribution in [-0.4, -0.2) is 24.9 Å². The van der Waals surface area contributed by atoms with Crippen molar-refractivity contribution >= 4 is 0 Å². The van der Waals surface area contributed by atoms with Crippen molar-refractivity contribution in [2.75, 3.05) is 0 Å². The second kappa shape index (κ2) is 5.54. The predicted molar refractivity (Wildman–Crippen MR) is 88.7 cm³/mol. The molecule has 0 spiro atoms. The van der Waals surface area contributed by atoms with Gasteiger partial charge in [-0.05, 0) is 18.9 Å². The lowest BCUT2D eigenvalue weighted by Crippen LogP contribution is -2.22. The number of rotatable bonds is 4. The molecule has 0 amide bonds. The molecule has 3 aromatic rings. The molecular weight excluding hydrogens is 302 g/mol. The van der Waals surface area contributed by atoms with Crippen molar-refractivity contribution in [3.63, 3.8) is 0 Å². The summed E-state index contributed by atoms with van der Waals surface area (Å²) in [6.07, 6.45) is 1.68. The van der Waals surface area contributed by atoms with Crippen LogP contribution in [0.3, 0.4) is 0 Å². The summed E-state index contributed by atoms with van der Waals surface area (Å²) in [4.78, 5) is 4.71. The minimum Gasteiger partial charge on any atom is -0.339 e. The number of aryl methyl sites for hydroxylation is 1. The maximum absolute atomic E-state index is 5.59. The molecule has 1 aliphatic heterocycles. The Labute approximate surface area is 140 Å². The Morgan fingerprint density at radius 1 is 1.21 bits per heavy atom. The Bertz CT molecular complexity index is 849. The van der Waals surface area contributed by atoms with Crippen molar-refractivity contribution in [3.8, 4) is 0 Å². The molecule has 1 atom stereocenters. The summed E-state index contributed by atoms with van der Waals surface area (Å²) in [6, 6.07) is 10.4. The number of fused-ring (bicyclic) bond motifs is 1. The van der Waals surface area contributed by atoms with Crippen LogP contribution in [0.5, 0.6) is 0 Å². The average Bonchev–Trinajstić information content (AvgIpc) is 3.25. The van der Waals surface area contributed by atoms with E-state index in [-0.39, 0.29) is 11.3 Å². The second-order valence-electron chi connectivity index (χ2n) is 7.18. The lowest BCUT2D eigenvalue weighted by Gasteiger charge is -2.20. The van der Waals surface area contributed by atoms with Crippen molar-refractivity contribution < 1.29 is 4.52 Å². The van der Waals surface area contributed by atoms with Crippen LogP contribution in [0.25, 0.3) is 0 Å². The lowest BCUT2D eigenvalue weighted by molar-refractivity contribution is 0.336. The van der Waals surface area contributed by atoms with Gasteiger partial charge in [0.25, 0.3) is 0 Å². The van der Waals surface area contributed by atoms with Crippen LogP contribution in [0.2, 0.25) is 0 Å². The molecule has 6 nitrogen and oxygen atoms in total. The van der Waals surface area contributed by atoms with Gasteiger partial charge in [-0.2, -0.15) is 4.98 Å². The molecular formula is C18H21N5O. The van der Waals surface area contributed by atoms with Crippen molar-refractivity contribution in [3.05, 3.63) is 59.3 Å². The number of aromatic nitrogens is 5. The first-order chi connectivity index (χ1) is 11.5. The topological polar surface area (TPSA) is 69.6 Å². The van der Waals surface area contributed by atoms with Gasteiger partial charge in [-0.15, -0.1) is 10.2 Å². The van der Waals surface area contributed by atoms with Gasteiger partial charge in [-0.25, -0.2) is 0 Å². The fourth-order valence-corrected chi connectivity index (χ4v) is 3.35. The number of nitrogens with zero attached hydrogens (tertiary/aromatic N) is 5. The second-order valence-corrected chi connectivity index (χ2v) is 7.18. The zero-order chi connectivity index (χ0) is 16.7. The van der Waals surface area contributed by atoms with E-state index < -0.39 is 0 Å². The molecule has 0 radical (unpaired) electrons. The van der Waals surface area contributed by atoms with Gasteiger partial charge in [-0.1, -0.05) is 49.3 Å². The number of hydrogen-bond donors (Lipinski definition) is 0. The van der Waals surface area contributed by atoms with Gasteiger partial charge in [0.15, 0.2) is 5.82 Å². The van der Waals surface area contributed by atoms with Crippen LogP contribution >= 0.6 is 0 Å². The van der Waals surface area contributed by atoms with E-state index in [0.717, 1.165) is 36.9 Å². The molecule has 3 heterocycles. The molecule has 0 fully saturated rings. The van der Waals surface area contributed by atoms with Crippen LogP contribution in [0.15, 0.2) is 34.9 Å². The highest BCUT2D eigenvalue weighted by Crippen LogP contribution is 2.31. The molecule has 0 aliphatic carbocycles. The Balaban J connectivity index is 1.52. The Morgan fingerprint density at radius 3 is 2.75 bits per heavy atom. The van der Waals surface area contributed by atoms with Gasteiger partial charge in [0, 0.05) is 18.4 Å². The minimum absolute atomic E-state index is 0.174. The summed E-state index contributed by atoms with van der Waals surface area (Å²) in [5, 5.41) is 12.6. The first kappa shape index (κ1) is 15.1. The first-order valence-corrected chi connectivity index (χ1v) is 8.29. The van der Waals surface area contributed by atoms with E-state index in [1.54, 1.807) is 0 Å². The zero-order valence-electron chi connectivity index (χ0n) is 14.2. The Morgan fingerprint density at radius 2 is 2.00 bits per heavy atom. The van der Waals surface area contributed by atoms with Crippen molar-refractivity contribution in [1.82, 2.24) is 24.9 Å². The van der Waals surface area contributed by atoms with Gasteiger partial charge in [0.05, 0.1) is 5.92 Å². The van der Waals surface area contributed by atoms with Crippen LogP contribution in [0.4, 0.5) is 0 Å². The SMILES string of the molecule is Cc1nnc2n1CC(c1nc(C(C)(C)Cc3ccccc3)no1)C2. The van der Waals surface area contributed by atoms with Crippen molar-refractivity contribution in [2.45, 2.75) is 51.5 Å². The maximum atomic E-state index is 5.59. The summed E-state index contributed by atoms with van der Waals surface area (Å²) in [7, 11) is 0. The molecule has 124 valence electrons. The van der Waals surface area contributed by atoms with E-state index in [1.807, 2.05) is 13.0 Å². The molecule has 0 bridgehead atoms. The summed E-state index contributed by atoms with van der Waals surface area (Å²) in [5.41, 5.74) is 1.10. The van der Waals surface area contributed by atoms with E-state index in [9.17, 15) is 0 Å².